The molecule has 2 aliphatic heterocycles. The Morgan fingerprint density at radius 1 is 0.878 bits per heavy atom. The monoisotopic (exact) mass is 561 g/mol. The maximum Gasteiger partial charge on any atom is 0.305 e. The fraction of sp³-hybridized carbons (Fsp3) is 0.424. The second-order valence-electron chi connectivity index (χ2n) is 10.5. The number of nitrogens with zero attached hydrogens (tertiary/aromatic N) is 1. The van der Waals surface area contributed by atoms with Crippen LogP contribution in [0.15, 0.2) is 36.4 Å². The molecule has 5 rings (SSSR count). The Bertz CT molecular complexity index is 1410. The number of fused-ring (bicyclic) bond motifs is 3. The first-order valence-electron chi connectivity index (χ1n) is 14.1. The summed E-state index contributed by atoms with van der Waals surface area (Å²) in [6.07, 6.45) is 4.05. The lowest BCUT2D eigenvalue weighted by Gasteiger charge is -2.41. The summed E-state index contributed by atoms with van der Waals surface area (Å²) in [5.74, 6) is 4.64. The number of carbonyl (C=O) groups is 1. The highest BCUT2D eigenvalue weighted by Crippen LogP contribution is 2.54. The number of ether oxygens (including phenoxy) is 6. The highest BCUT2D eigenvalue weighted by Gasteiger charge is 2.37. The first-order chi connectivity index (χ1) is 19.9. The van der Waals surface area contributed by atoms with E-state index in [1.54, 1.807) is 21.3 Å². The van der Waals surface area contributed by atoms with Gasteiger partial charge in [0.05, 0.1) is 34.5 Å². The molecular formula is C33H39NO7. The van der Waals surface area contributed by atoms with Crippen LogP contribution in [0.3, 0.4) is 0 Å². The summed E-state index contributed by atoms with van der Waals surface area (Å²) in [7, 11) is 6.34. The second kappa shape index (κ2) is 12.3. The Kier molecular flexibility index (Phi) is 8.59. The third-order valence-electron chi connectivity index (χ3n) is 8.19. The molecule has 0 saturated heterocycles. The van der Waals surface area contributed by atoms with Gasteiger partial charge in [-0.1, -0.05) is 18.6 Å². The van der Waals surface area contributed by atoms with Crippen LogP contribution in [0.1, 0.15) is 59.5 Å². The van der Waals surface area contributed by atoms with Gasteiger partial charge in [-0.15, -0.1) is 0 Å². The van der Waals surface area contributed by atoms with Gasteiger partial charge >= 0.3 is 5.97 Å². The molecule has 0 aromatic heterocycles. The van der Waals surface area contributed by atoms with Gasteiger partial charge in [-0.25, -0.2) is 0 Å². The molecule has 2 heterocycles. The zero-order valence-corrected chi connectivity index (χ0v) is 24.8. The van der Waals surface area contributed by atoms with Crippen molar-refractivity contribution in [3.8, 4) is 40.2 Å². The average molecular weight is 562 g/mol. The lowest BCUT2D eigenvalue weighted by molar-refractivity contribution is -0.140. The van der Waals surface area contributed by atoms with Crippen molar-refractivity contribution in [2.24, 2.45) is 0 Å². The second-order valence-corrected chi connectivity index (χ2v) is 10.5. The molecule has 0 amide bonds. The quantitative estimate of drug-likeness (QED) is 0.153. The van der Waals surface area contributed by atoms with Gasteiger partial charge in [-0.2, -0.15) is 0 Å². The molecule has 2 aliphatic rings. The number of carbonyl (C=O) groups excluding carboxylic acids is 1. The molecule has 3 aromatic carbocycles. The van der Waals surface area contributed by atoms with Crippen molar-refractivity contribution in [2.75, 3.05) is 41.5 Å². The SMILES string of the molecule is COC(=O)CCCCCN1CCc2c(C)c3c(c(C)c2C1c1cc(OC)c(OC)c(OC)c1)Oc1ccccc1O3. The summed E-state index contributed by atoms with van der Waals surface area (Å²) < 4.78 is 34.8. The van der Waals surface area contributed by atoms with Crippen LogP contribution >= 0.6 is 0 Å². The van der Waals surface area contributed by atoms with Gasteiger partial charge in [0.15, 0.2) is 34.5 Å². The van der Waals surface area contributed by atoms with Gasteiger partial charge in [0, 0.05) is 18.5 Å². The number of hydrogen-bond donors (Lipinski definition) is 0. The highest BCUT2D eigenvalue weighted by atomic mass is 16.6. The van der Waals surface area contributed by atoms with Crippen molar-refractivity contribution >= 4 is 5.97 Å². The van der Waals surface area contributed by atoms with E-state index >= 15 is 0 Å². The maximum absolute atomic E-state index is 11.6. The molecule has 0 radical (unpaired) electrons. The minimum Gasteiger partial charge on any atom is -0.493 e. The molecule has 8 heteroatoms. The summed E-state index contributed by atoms with van der Waals surface area (Å²) in [5, 5.41) is 0. The molecule has 0 bridgehead atoms. The van der Waals surface area contributed by atoms with Crippen molar-refractivity contribution in [2.45, 2.75) is 52.0 Å². The van der Waals surface area contributed by atoms with E-state index < -0.39 is 0 Å². The van der Waals surface area contributed by atoms with Gasteiger partial charge in [0.2, 0.25) is 5.75 Å². The normalized spacial score (nSPS) is 15.5. The Morgan fingerprint density at radius 3 is 2.10 bits per heavy atom. The molecule has 8 nitrogen and oxygen atoms in total. The third kappa shape index (κ3) is 5.40. The van der Waals surface area contributed by atoms with Crippen molar-refractivity contribution in [1.29, 1.82) is 0 Å². The molecule has 0 spiro atoms. The van der Waals surface area contributed by atoms with E-state index in [1.807, 2.05) is 36.4 Å². The summed E-state index contributed by atoms with van der Waals surface area (Å²) in [6, 6.07) is 11.8. The lowest BCUT2D eigenvalue weighted by Crippen LogP contribution is -2.38. The predicted molar refractivity (Wildman–Crippen MR) is 156 cm³/mol. The molecule has 0 N–H and O–H groups in total. The van der Waals surface area contributed by atoms with Gasteiger partial charge in [-0.05, 0) is 86.2 Å². The van der Waals surface area contributed by atoms with E-state index in [0.29, 0.717) is 29.4 Å². The van der Waals surface area contributed by atoms with E-state index in [9.17, 15) is 4.79 Å². The predicted octanol–water partition coefficient (Wildman–Crippen LogP) is 6.91. The number of rotatable bonds is 10. The smallest absolute Gasteiger partial charge is 0.305 e. The Labute approximate surface area is 242 Å². The van der Waals surface area contributed by atoms with Crippen LogP contribution in [0, 0.1) is 13.8 Å². The van der Waals surface area contributed by atoms with Crippen LogP contribution in [-0.4, -0.2) is 52.4 Å². The molecule has 3 aromatic rings. The number of benzene rings is 3. The molecule has 1 unspecified atom stereocenters. The molecule has 218 valence electrons. The lowest BCUT2D eigenvalue weighted by atomic mass is 9.81. The van der Waals surface area contributed by atoms with Crippen LogP contribution in [0.2, 0.25) is 0 Å². The standard InChI is InChI=1S/C33H39NO7/c1-20-23-15-17-34(16-11-7-8-14-28(35)38-5)30(22-18-26(36-3)33(39-6)27(19-22)37-4)29(23)21(2)32-31(20)40-24-12-9-10-13-25(24)41-32/h9-10,12-13,18-19,30H,7-8,11,14-17H2,1-6H3. The minimum atomic E-state index is -0.160. The van der Waals surface area contributed by atoms with E-state index in [0.717, 1.165) is 72.7 Å². The number of esters is 1. The third-order valence-corrected chi connectivity index (χ3v) is 8.19. The van der Waals surface area contributed by atoms with Crippen molar-refractivity contribution in [3.63, 3.8) is 0 Å². The fourth-order valence-corrected chi connectivity index (χ4v) is 6.11. The maximum atomic E-state index is 11.6. The van der Waals surface area contributed by atoms with Gasteiger partial charge in [0.25, 0.3) is 0 Å². The topological polar surface area (TPSA) is 75.7 Å². The first kappa shape index (κ1) is 28.6. The van der Waals surface area contributed by atoms with Crippen LogP contribution in [-0.2, 0) is 16.0 Å². The number of methoxy groups -OCH3 is 4. The summed E-state index contributed by atoms with van der Waals surface area (Å²) >= 11 is 0. The van der Waals surface area contributed by atoms with Crippen LogP contribution in [0.5, 0.6) is 40.2 Å². The summed E-state index contributed by atoms with van der Waals surface area (Å²) in [5.41, 5.74) is 5.72. The number of hydrogen-bond acceptors (Lipinski definition) is 8. The Morgan fingerprint density at radius 2 is 1.51 bits per heavy atom. The fourth-order valence-electron chi connectivity index (χ4n) is 6.11. The van der Waals surface area contributed by atoms with E-state index in [1.165, 1.54) is 18.2 Å². The van der Waals surface area contributed by atoms with Crippen LogP contribution in [0.4, 0.5) is 0 Å². The van der Waals surface area contributed by atoms with E-state index in [-0.39, 0.29) is 12.0 Å². The molecule has 0 saturated carbocycles. The van der Waals surface area contributed by atoms with Crippen molar-refractivity contribution in [3.05, 3.63) is 64.2 Å². The molecule has 0 fully saturated rings. The number of para-hydroxylation sites is 2. The summed E-state index contributed by atoms with van der Waals surface area (Å²) in [6.45, 7) is 6.00. The molecular weight excluding hydrogens is 522 g/mol. The van der Waals surface area contributed by atoms with Gasteiger partial charge in [0.1, 0.15) is 0 Å². The largest absolute Gasteiger partial charge is 0.493 e. The van der Waals surface area contributed by atoms with Crippen LogP contribution < -0.4 is 23.7 Å². The van der Waals surface area contributed by atoms with Gasteiger partial charge < -0.3 is 28.4 Å². The zero-order valence-electron chi connectivity index (χ0n) is 24.8. The molecule has 1 atom stereocenters. The van der Waals surface area contributed by atoms with Gasteiger partial charge in [-0.3, -0.25) is 9.69 Å². The zero-order chi connectivity index (χ0) is 29.1. The minimum absolute atomic E-state index is 0.0715. The van der Waals surface area contributed by atoms with Crippen molar-refractivity contribution in [1.82, 2.24) is 4.90 Å². The van der Waals surface area contributed by atoms with E-state index in [4.69, 9.17) is 28.4 Å². The van der Waals surface area contributed by atoms with Crippen molar-refractivity contribution < 1.29 is 33.2 Å². The summed E-state index contributed by atoms with van der Waals surface area (Å²) in [4.78, 5) is 14.1. The number of unbranched alkanes of at least 4 members (excludes halogenated alkanes) is 2. The first-order valence-corrected chi connectivity index (χ1v) is 14.1. The molecule has 41 heavy (non-hydrogen) atoms. The van der Waals surface area contributed by atoms with Crippen LogP contribution in [0.25, 0.3) is 0 Å². The Balaban J connectivity index is 1.58. The highest BCUT2D eigenvalue weighted by molar-refractivity contribution is 5.69. The van der Waals surface area contributed by atoms with E-state index in [2.05, 4.69) is 18.7 Å². The Hall–Kier alpha value is -3.91. The molecule has 0 aliphatic carbocycles. The average Bonchev–Trinajstić information content (AvgIpc) is 3.01.